The fourth-order valence-electron chi connectivity index (χ4n) is 3.99. The summed E-state index contributed by atoms with van der Waals surface area (Å²) in [6, 6.07) is 12.9. The Balaban J connectivity index is 1.71. The summed E-state index contributed by atoms with van der Waals surface area (Å²) in [4.78, 5) is 27.7. The van der Waals surface area contributed by atoms with Gasteiger partial charge in [-0.2, -0.15) is 0 Å². The second kappa shape index (κ2) is 7.05. The molecule has 0 spiro atoms. The number of hydrogen-bond acceptors (Lipinski definition) is 6. The Morgan fingerprint density at radius 1 is 1.03 bits per heavy atom. The Kier molecular flexibility index (Phi) is 4.32. The lowest BCUT2D eigenvalue weighted by molar-refractivity contribution is -0.132. The van der Waals surface area contributed by atoms with Gasteiger partial charge in [0.05, 0.1) is 11.8 Å². The largest absolute Gasteiger partial charge is 0.507 e. The topological polar surface area (TPSA) is 89.2 Å². The monoisotopic (exact) mass is 417 g/mol. The maximum atomic E-state index is 13.2. The summed E-state index contributed by atoms with van der Waals surface area (Å²) < 4.78 is 16.3. The highest BCUT2D eigenvalue weighted by Crippen LogP contribution is 2.44. The SMILES string of the molecule is Cc1cccc(N2C(=O)C(=O)/C(=C(\O)c3ccc4c(c3)OCO4)C2c2ccco2)c1C. The van der Waals surface area contributed by atoms with Crippen LogP contribution in [-0.2, 0) is 9.59 Å². The van der Waals surface area contributed by atoms with E-state index in [1.54, 1.807) is 36.4 Å². The van der Waals surface area contributed by atoms with Crippen molar-refractivity contribution in [2.24, 2.45) is 0 Å². The Labute approximate surface area is 178 Å². The van der Waals surface area contributed by atoms with Crippen molar-refractivity contribution in [1.82, 2.24) is 0 Å². The van der Waals surface area contributed by atoms with Gasteiger partial charge in [0.25, 0.3) is 11.7 Å². The van der Waals surface area contributed by atoms with Crippen molar-refractivity contribution < 1.29 is 28.6 Å². The van der Waals surface area contributed by atoms with Crippen LogP contribution in [0.4, 0.5) is 5.69 Å². The zero-order valence-electron chi connectivity index (χ0n) is 16.9. The molecule has 1 aromatic heterocycles. The summed E-state index contributed by atoms with van der Waals surface area (Å²) in [5.74, 6) is -0.416. The summed E-state index contributed by atoms with van der Waals surface area (Å²) in [6.45, 7) is 3.91. The van der Waals surface area contributed by atoms with E-state index in [1.807, 2.05) is 26.0 Å². The van der Waals surface area contributed by atoms with Crippen molar-refractivity contribution in [1.29, 1.82) is 0 Å². The normalized spacial score (nSPS) is 19.3. The van der Waals surface area contributed by atoms with Crippen LogP contribution in [0, 0.1) is 13.8 Å². The molecule has 1 atom stereocenters. The van der Waals surface area contributed by atoms with Crippen LogP contribution in [0.1, 0.15) is 28.5 Å². The standard InChI is InChI=1S/C24H19NO6/c1-13-5-3-6-16(14(13)2)25-21(18-7-4-10-29-18)20(23(27)24(25)28)22(26)15-8-9-17-19(11-15)31-12-30-17/h3-11,21,26H,12H2,1-2H3/b22-20-. The first-order valence-electron chi connectivity index (χ1n) is 9.78. The maximum Gasteiger partial charge on any atom is 0.300 e. The molecule has 1 fully saturated rings. The zero-order chi connectivity index (χ0) is 21.7. The maximum absolute atomic E-state index is 13.2. The van der Waals surface area contributed by atoms with Crippen LogP contribution < -0.4 is 14.4 Å². The Bertz CT molecular complexity index is 1240. The number of carbonyl (C=O) groups is 2. The van der Waals surface area contributed by atoms with Crippen molar-refractivity contribution in [3.05, 3.63) is 82.8 Å². The number of ether oxygens (including phenoxy) is 2. The number of rotatable bonds is 3. The van der Waals surface area contributed by atoms with Gasteiger partial charge in [-0.15, -0.1) is 0 Å². The number of furan rings is 1. The number of aliphatic hydroxyl groups excluding tert-OH is 1. The fourth-order valence-corrected chi connectivity index (χ4v) is 3.99. The molecule has 5 rings (SSSR count). The lowest BCUT2D eigenvalue weighted by atomic mass is 9.98. The predicted octanol–water partition coefficient (Wildman–Crippen LogP) is 4.25. The molecule has 7 nitrogen and oxygen atoms in total. The number of aryl methyl sites for hydroxylation is 1. The first kappa shape index (κ1) is 19.0. The number of aliphatic hydroxyl groups is 1. The molecule has 2 aliphatic heterocycles. The van der Waals surface area contributed by atoms with E-state index in [-0.39, 0.29) is 18.1 Å². The smallest absolute Gasteiger partial charge is 0.300 e. The first-order chi connectivity index (χ1) is 15.0. The van der Waals surface area contributed by atoms with Gasteiger partial charge in [-0.1, -0.05) is 12.1 Å². The molecular weight excluding hydrogens is 398 g/mol. The van der Waals surface area contributed by atoms with E-state index in [2.05, 4.69) is 0 Å². The first-order valence-corrected chi connectivity index (χ1v) is 9.78. The minimum absolute atomic E-state index is 0.0419. The Morgan fingerprint density at radius 3 is 2.61 bits per heavy atom. The molecule has 2 aliphatic rings. The highest BCUT2D eigenvalue weighted by atomic mass is 16.7. The molecule has 156 valence electrons. The number of nitrogens with zero attached hydrogens (tertiary/aromatic N) is 1. The van der Waals surface area contributed by atoms with Crippen molar-refractivity contribution >= 4 is 23.1 Å². The molecule has 0 aliphatic carbocycles. The minimum Gasteiger partial charge on any atom is -0.507 e. The van der Waals surface area contributed by atoms with E-state index < -0.39 is 17.7 Å². The van der Waals surface area contributed by atoms with E-state index in [1.165, 1.54) is 11.2 Å². The van der Waals surface area contributed by atoms with Crippen LogP contribution in [0.5, 0.6) is 11.5 Å². The van der Waals surface area contributed by atoms with Gasteiger partial charge >= 0.3 is 0 Å². The van der Waals surface area contributed by atoms with Gasteiger partial charge in [0.15, 0.2) is 11.5 Å². The molecule has 2 aromatic carbocycles. The third-order valence-corrected chi connectivity index (χ3v) is 5.74. The van der Waals surface area contributed by atoms with Crippen LogP contribution in [0.3, 0.4) is 0 Å². The molecule has 31 heavy (non-hydrogen) atoms. The average Bonchev–Trinajstić information content (AvgIpc) is 3.50. The van der Waals surface area contributed by atoms with Gasteiger partial charge in [0.1, 0.15) is 17.6 Å². The molecule has 1 N–H and O–H groups in total. The van der Waals surface area contributed by atoms with Crippen LogP contribution in [0.2, 0.25) is 0 Å². The number of fused-ring (bicyclic) bond motifs is 1. The number of hydrogen-bond donors (Lipinski definition) is 1. The third-order valence-electron chi connectivity index (χ3n) is 5.74. The Hall–Kier alpha value is -4.00. The lowest BCUT2D eigenvalue weighted by Crippen LogP contribution is -2.30. The predicted molar refractivity (Wildman–Crippen MR) is 112 cm³/mol. The molecule has 0 saturated carbocycles. The third kappa shape index (κ3) is 2.89. The summed E-state index contributed by atoms with van der Waals surface area (Å²) in [5, 5.41) is 11.1. The van der Waals surface area contributed by atoms with E-state index in [9.17, 15) is 14.7 Å². The van der Waals surface area contributed by atoms with Gasteiger partial charge in [-0.25, -0.2) is 0 Å². The zero-order valence-corrected chi connectivity index (χ0v) is 16.9. The summed E-state index contributed by atoms with van der Waals surface area (Å²) in [6.07, 6.45) is 1.47. The molecule has 0 bridgehead atoms. The van der Waals surface area contributed by atoms with Crippen LogP contribution in [0.25, 0.3) is 5.76 Å². The summed E-state index contributed by atoms with van der Waals surface area (Å²) in [5.41, 5.74) is 2.74. The molecule has 3 heterocycles. The van der Waals surface area contributed by atoms with Crippen molar-refractivity contribution in [2.45, 2.75) is 19.9 Å². The number of benzene rings is 2. The number of carbonyl (C=O) groups excluding carboxylic acids is 2. The molecule has 1 saturated heterocycles. The fraction of sp³-hybridized carbons (Fsp3) is 0.167. The van der Waals surface area contributed by atoms with Gasteiger partial charge in [0, 0.05) is 11.3 Å². The van der Waals surface area contributed by atoms with Gasteiger partial charge < -0.3 is 19.0 Å². The highest BCUT2D eigenvalue weighted by molar-refractivity contribution is 6.51. The van der Waals surface area contributed by atoms with E-state index >= 15 is 0 Å². The van der Waals surface area contributed by atoms with Crippen LogP contribution in [-0.4, -0.2) is 23.6 Å². The van der Waals surface area contributed by atoms with E-state index in [4.69, 9.17) is 13.9 Å². The molecule has 7 heteroatoms. The number of Topliss-reactive ketones (excluding diaryl/α,β-unsaturated/α-hetero) is 1. The van der Waals surface area contributed by atoms with Crippen LogP contribution in [0.15, 0.2) is 64.8 Å². The summed E-state index contributed by atoms with van der Waals surface area (Å²) in [7, 11) is 0. The number of ketones is 1. The highest BCUT2D eigenvalue weighted by Gasteiger charge is 2.48. The van der Waals surface area contributed by atoms with Crippen molar-refractivity contribution in [2.75, 3.05) is 11.7 Å². The van der Waals surface area contributed by atoms with E-state index in [0.29, 0.717) is 28.5 Å². The number of amides is 1. The van der Waals surface area contributed by atoms with Gasteiger partial charge in [0.2, 0.25) is 6.79 Å². The molecular formula is C24H19NO6. The van der Waals surface area contributed by atoms with Crippen LogP contribution >= 0.6 is 0 Å². The average molecular weight is 417 g/mol. The lowest BCUT2D eigenvalue weighted by Gasteiger charge is -2.25. The van der Waals surface area contributed by atoms with Crippen molar-refractivity contribution in [3.63, 3.8) is 0 Å². The molecule has 1 amide bonds. The van der Waals surface area contributed by atoms with Gasteiger partial charge in [-0.3, -0.25) is 14.5 Å². The second-order valence-electron chi connectivity index (χ2n) is 7.47. The summed E-state index contributed by atoms with van der Waals surface area (Å²) >= 11 is 0. The van der Waals surface area contributed by atoms with Crippen molar-refractivity contribution in [3.8, 4) is 11.5 Å². The minimum atomic E-state index is -0.902. The molecule has 1 unspecified atom stereocenters. The molecule has 0 radical (unpaired) electrons. The quantitative estimate of drug-likeness (QED) is 0.389. The molecule has 3 aromatic rings. The number of anilines is 1. The van der Waals surface area contributed by atoms with Gasteiger partial charge in [-0.05, 0) is 61.4 Å². The van der Waals surface area contributed by atoms with E-state index in [0.717, 1.165) is 11.1 Å². The Morgan fingerprint density at radius 2 is 1.84 bits per heavy atom. The second-order valence-corrected chi connectivity index (χ2v) is 7.47.